The summed E-state index contributed by atoms with van der Waals surface area (Å²) >= 11 is 0. The van der Waals surface area contributed by atoms with Crippen LogP contribution in [0.2, 0.25) is 0 Å². The van der Waals surface area contributed by atoms with Gasteiger partial charge in [0.05, 0.1) is 11.9 Å². The maximum atomic E-state index is 4.61. The highest BCUT2D eigenvalue weighted by molar-refractivity contribution is 5.83. The predicted octanol–water partition coefficient (Wildman–Crippen LogP) is 5.75. The Morgan fingerprint density at radius 3 is 2.07 bits per heavy atom. The van der Waals surface area contributed by atoms with Gasteiger partial charge in [0, 0.05) is 12.1 Å². The van der Waals surface area contributed by atoms with E-state index in [2.05, 4.69) is 37.4 Å². The van der Waals surface area contributed by atoms with E-state index in [1.807, 2.05) is 76.2 Å². The SMILES string of the molecule is CC.CC.c1ccc(CNc2ncnc3nc(-c4ccccc4)cnc23)cc1. The largest absolute Gasteiger partial charge is 0.364 e. The molecule has 0 saturated carbocycles. The molecule has 28 heavy (non-hydrogen) atoms. The minimum absolute atomic E-state index is 0.585. The number of fused-ring (bicyclic) bond motifs is 1. The van der Waals surface area contributed by atoms with Gasteiger partial charge in [0.2, 0.25) is 0 Å². The van der Waals surface area contributed by atoms with Crippen LogP contribution in [0.25, 0.3) is 22.4 Å². The second-order valence-electron chi connectivity index (χ2n) is 5.35. The van der Waals surface area contributed by atoms with E-state index in [1.165, 1.54) is 11.9 Å². The van der Waals surface area contributed by atoms with E-state index in [1.54, 1.807) is 6.20 Å². The van der Waals surface area contributed by atoms with Crippen LogP contribution >= 0.6 is 0 Å². The molecule has 2 aromatic heterocycles. The van der Waals surface area contributed by atoms with Gasteiger partial charge in [-0.05, 0) is 5.56 Å². The molecule has 1 N–H and O–H groups in total. The first-order valence-electron chi connectivity index (χ1n) is 9.71. The standard InChI is InChI=1S/C19H15N5.2C2H6/c1-3-7-14(8-4-1)11-21-18-17-19(23-13-22-18)24-16(12-20-17)15-9-5-2-6-10-15;2*1-2/h1-10,12-13H,11H2,(H,21,22,23,24);2*1-2H3. The van der Waals surface area contributed by atoms with Crippen LogP contribution in [0.15, 0.2) is 73.2 Å². The van der Waals surface area contributed by atoms with Crippen LogP contribution in [0.5, 0.6) is 0 Å². The summed E-state index contributed by atoms with van der Waals surface area (Å²) in [5, 5.41) is 3.31. The summed E-state index contributed by atoms with van der Waals surface area (Å²) in [7, 11) is 0. The van der Waals surface area contributed by atoms with Crippen LogP contribution in [-0.4, -0.2) is 19.9 Å². The van der Waals surface area contributed by atoms with Gasteiger partial charge in [-0.15, -0.1) is 0 Å². The average molecular weight is 374 g/mol. The highest BCUT2D eigenvalue weighted by atomic mass is 15.1. The molecule has 4 rings (SSSR count). The molecule has 0 spiro atoms. The fourth-order valence-corrected chi connectivity index (χ4v) is 2.50. The van der Waals surface area contributed by atoms with Crippen molar-refractivity contribution in [2.75, 3.05) is 5.32 Å². The Morgan fingerprint density at radius 2 is 1.39 bits per heavy atom. The number of anilines is 1. The molecule has 4 aromatic rings. The summed E-state index contributed by atoms with van der Waals surface area (Å²) in [6.45, 7) is 8.68. The molecule has 0 aliphatic rings. The molecule has 5 nitrogen and oxygen atoms in total. The first-order valence-corrected chi connectivity index (χ1v) is 9.71. The Labute approximate surface area is 166 Å². The third-order valence-corrected chi connectivity index (χ3v) is 3.72. The summed E-state index contributed by atoms with van der Waals surface area (Å²) in [4.78, 5) is 17.7. The highest BCUT2D eigenvalue weighted by Crippen LogP contribution is 2.21. The molecule has 0 radical (unpaired) electrons. The fraction of sp³-hybridized carbons (Fsp3) is 0.217. The molecule has 0 atom stereocenters. The third kappa shape index (κ3) is 5.33. The van der Waals surface area contributed by atoms with Gasteiger partial charge in [-0.1, -0.05) is 88.4 Å². The minimum atomic E-state index is 0.585. The lowest BCUT2D eigenvalue weighted by Gasteiger charge is -2.08. The molecule has 5 heteroatoms. The van der Waals surface area contributed by atoms with Crippen LogP contribution < -0.4 is 5.32 Å². The molecule has 144 valence electrons. The first kappa shape index (κ1) is 21.0. The maximum absolute atomic E-state index is 4.61. The van der Waals surface area contributed by atoms with E-state index in [-0.39, 0.29) is 0 Å². The number of hydrogen-bond acceptors (Lipinski definition) is 5. The van der Waals surface area contributed by atoms with Crippen LogP contribution in [-0.2, 0) is 6.54 Å². The van der Waals surface area contributed by atoms with Crippen molar-refractivity contribution in [3.05, 3.63) is 78.8 Å². The van der Waals surface area contributed by atoms with E-state index >= 15 is 0 Å². The summed E-state index contributed by atoms with van der Waals surface area (Å²) in [6.07, 6.45) is 3.27. The Balaban J connectivity index is 0.000000660. The first-order chi connectivity index (χ1) is 13.9. The smallest absolute Gasteiger partial charge is 0.184 e. The van der Waals surface area contributed by atoms with E-state index in [9.17, 15) is 0 Å². The quantitative estimate of drug-likeness (QED) is 0.493. The Hall–Kier alpha value is -3.34. The lowest BCUT2D eigenvalue weighted by atomic mass is 10.2. The lowest BCUT2D eigenvalue weighted by molar-refractivity contribution is 1.08. The van der Waals surface area contributed by atoms with E-state index in [4.69, 9.17) is 0 Å². The monoisotopic (exact) mass is 373 g/mol. The van der Waals surface area contributed by atoms with Crippen molar-refractivity contribution in [3.8, 4) is 11.3 Å². The van der Waals surface area contributed by atoms with Crippen molar-refractivity contribution in [1.29, 1.82) is 0 Å². The molecule has 0 saturated heterocycles. The van der Waals surface area contributed by atoms with Crippen molar-refractivity contribution in [2.45, 2.75) is 34.2 Å². The van der Waals surface area contributed by atoms with Gasteiger partial charge < -0.3 is 5.32 Å². The third-order valence-electron chi connectivity index (χ3n) is 3.72. The minimum Gasteiger partial charge on any atom is -0.364 e. The zero-order chi connectivity index (χ0) is 20.2. The van der Waals surface area contributed by atoms with Crippen LogP contribution in [0, 0.1) is 0 Å². The molecular formula is C23H27N5. The van der Waals surface area contributed by atoms with Crippen molar-refractivity contribution in [3.63, 3.8) is 0 Å². The Bertz CT molecular complexity index is 956. The summed E-state index contributed by atoms with van der Waals surface area (Å²) < 4.78 is 0. The van der Waals surface area contributed by atoms with Gasteiger partial charge >= 0.3 is 0 Å². The summed E-state index contributed by atoms with van der Waals surface area (Å²) in [5.41, 5.74) is 4.26. The second-order valence-corrected chi connectivity index (χ2v) is 5.35. The number of nitrogens with one attached hydrogen (secondary N) is 1. The van der Waals surface area contributed by atoms with E-state index in [0.717, 1.165) is 11.3 Å². The van der Waals surface area contributed by atoms with Gasteiger partial charge in [0.25, 0.3) is 0 Å². The van der Waals surface area contributed by atoms with Gasteiger partial charge in [-0.2, -0.15) is 0 Å². The second kappa shape index (κ2) is 11.4. The van der Waals surface area contributed by atoms with Crippen molar-refractivity contribution in [1.82, 2.24) is 19.9 Å². The van der Waals surface area contributed by atoms with E-state index < -0.39 is 0 Å². The van der Waals surface area contributed by atoms with Crippen molar-refractivity contribution >= 4 is 17.0 Å². The Morgan fingerprint density at radius 1 is 0.750 bits per heavy atom. The molecule has 0 amide bonds. The number of rotatable bonds is 4. The topological polar surface area (TPSA) is 63.6 Å². The molecule has 2 aromatic carbocycles. The normalized spacial score (nSPS) is 9.57. The van der Waals surface area contributed by atoms with Crippen molar-refractivity contribution in [2.24, 2.45) is 0 Å². The fourth-order valence-electron chi connectivity index (χ4n) is 2.50. The molecule has 0 aliphatic carbocycles. The van der Waals surface area contributed by atoms with Gasteiger partial charge in [0.1, 0.15) is 11.8 Å². The average Bonchev–Trinajstić information content (AvgIpc) is 2.81. The zero-order valence-corrected chi connectivity index (χ0v) is 16.9. The van der Waals surface area contributed by atoms with Crippen molar-refractivity contribution < 1.29 is 0 Å². The summed E-state index contributed by atoms with van der Waals surface area (Å²) in [5.74, 6) is 0.691. The van der Waals surface area contributed by atoms with Crippen LogP contribution in [0.1, 0.15) is 33.3 Å². The zero-order valence-electron chi connectivity index (χ0n) is 16.9. The highest BCUT2D eigenvalue weighted by Gasteiger charge is 2.08. The number of benzene rings is 2. The Kier molecular flexibility index (Phi) is 8.53. The van der Waals surface area contributed by atoms with Gasteiger partial charge in [-0.3, -0.25) is 0 Å². The lowest BCUT2D eigenvalue weighted by Crippen LogP contribution is -2.04. The predicted molar refractivity (Wildman–Crippen MR) is 117 cm³/mol. The molecule has 0 bridgehead atoms. The molecule has 2 heterocycles. The molecular weight excluding hydrogens is 346 g/mol. The number of nitrogens with zero attached hydrogens (tertiary/aromatic N) is 4. The molecule has 0 aliphatic heterocycles. The number of aromatic nitrogens is 4. The number of hydrogen-bond donors (Lipinski definition) is 1. The van der Waals surface area contributed by atoms with E-state index in [0.29, 0.717) is 23.5 Å². The van der Waals surface area contributed by atoms with Crippen LogP contribution in [0.4, 0.5) is 5.82 Å². The van der Waals surface area contributed by atoms with Gasteiger partial charge in [0.15, 0.2) is 11.5 Å². The molecule has 0 fully saturated rings. The maximum Gasteiger partial charge on any atom is 0.184 e. The van der Waals surface area contributed by atoms with Crippen LogP contribution in [0.3, 0.4) is 0 Å². The summed E-state index contributed by atoms with van der Waals surface area (Å²) in [6, 6.07) is 20.1. The molecule has 0 unspecified atom stereocenters. The van der Waals surface area contributed by atoms with Gasteiger partial charge in [-0.25, -0.2) is 19.9 Å².